The molecule has 0 aliphatic carbocycles. The Labute approximate surface area is 176 Å². The molecule has 4 heterocycles. The first-order chi connectivity index (χ1) is 14.2. The average Bonchev–Trinajstić information content (AvgIpc) is 3.31. The second-order valence-corrected chi connectivity index (χ2v) is 9.30. The summed E-state index contributed by atoms with van der Waals surface area (Å²) in [6.07, 6.45) is 9.99. The molecule has 2 fully saturated rings. The molecule has 0 unspecified atom stereocenters. The molecule has 0 radical (unpaired) electrons. The maximum absolute atomic E-state index is 13.0. The highest BCUT2D eigenvalue weighted by Crippen LogP contribution is 2.29. The first-order valence-corrected chi connectivity index (χ1v) is 11.8. The van der Waals surface area contributed by atoms with Crippen molar-refractivity contribution in [3.63, 3.8) is 0 Å². The molecule has 2 saturated heterocycles. The van der Waals surface area contributed by atoms with E-state index in [0.717, 1.165) is 55.9 Å². The Morgan fingerprint density at radius 2 is 1.76 bits per heavy atom. The summed E-state index contributed by atoms with van der Waals surface area (Å²) in [4.78, 5) is 17.4. The number of aromatic nitrogens is 3. The number of piperidine rings is 1. The van der Waals surface area contributed by atoms with E-state index in [-0.39, 0.29) is 11.2 Å². The van der Waals surface area contributed by atoms with Crippen LogP contribution in [-0.2, 0) is 11.3 Å². The van der Waals surface area contributed by atoms with E-state index in [1.807, 2.05) is 24.0 Å². The average molecular weight is 418 g/mol. The Morgan fingerprint density at radius 1 is 1.07 bits per heavy atom. The van der Waals surface area contributed by atoms with Crippen molar-refractivity contribution >= 4 is 23.6 Å². The van der Waals surface area contributed by atoms with E-state index >= 15 is 0 Å². The van der Waals surface area contributed by atoms with Crippen LogP contribution in [0.3, 0.4) is 0 Å². The monoisotopic (exact) mass is 417 g/mol. The SMILES string of the molecule is C[C@H](Sc1nnc(N2CCCCC2)n1Cc1ccco1)C(=O)N1CCCCCC1. The van der Waals surface area contributed by atoms with Gasteiger partial charge in [0.25, 0.3) is 0 Å². The minimum absolute atomic E-state index is 0.179. The van der Waals surface area contributed by atoms with E-state index in [2.05, 4.69) is 19.7 Å². The highest BCUT2D eigenvalue weighted by molar-refractivity contribution is 8.00. The second-order valence-electron chi connectivity index (χ2n) is 8.00. The summed E-state index contributed by atoms with van der Waals surface area (Å²) in [5.41, 5.74) is 0. The Morgan fingerprint density at radius 3 is 2.45 bits per heavy atom. The standard InChI is InChI=1S/C21H31N5O2S/c1-17(19(27)24-11-5-2-3-6-12-24)29-21-23-22-20(25-13-7-4-8-14-25)26(21)16-18-10-9-15-28-18/h9-10,15,17H,2-8,11-14,16H2,1H3/t17-/m0/s1. The van der Waals surface area contributed by atoms with Crippen molar-refractivity contribution in [3.05, 3.63) is 24.2 Å². The van der Waals surface area contributed by atoms with Crippen LogP contribution in [0.15, 0.2) is 28.0 Å². The molecule has 4 rings (SSSR count). The molecule has 7 nitrogen and oxygen atoms in total. The number of hydrogen-bond acceptors (Lipinski definition) is 6. The number of furan rings is 1. The number of likely N-dealkylation sites (tertiary alicyclic amines) is 1. The van der Waals surface area contributed by atoms with Crippen LogP contribution in [-0.4, -0.2) is 57.0 Å². The number of rotatable bonds is 6. The van der Waals surface area contributed by atoms with Gasteiger partial charge in [0.1, 0.15) is 5.76 Å². The van der Waals surface area contributed by atoms with E-state index in [0.29, 0.717) is 6.54 Å². The van der Waals surface area contributed by atoms with Crippen LogP contribution in [0, 0.1) is 0 Å². The fraction of sp³-hybridized carbons (Fsp3) is 0.667. The molecule has 2 aliphatic rings. The van der Waals surface area contributed by atoms with Gasteiger partial charge in [0, 0.05) is 26.2 Å². The maximum Gasteiger partial charge on any atom is 0.235 e. The van der Waals surface area contributed by atoms with E-state index in [1.165, 1.54) is 43.9 Å². The molecular formula is C21H31N5O2S. The fourth-order valence-corrected chi connectivity index (χ4v) is 5.08. The van der Waals surface area contributed by atoms with Gasteiger partial charge in [-0.2, -0.15) is 0 Å². The van der Waals surface area contributed by atoms with Gasteiger partial charge in [-0.05, 0) is 51.2 Å². The summed E-state index contributed by atoms with van der Waals surface area (Å²) in [6.45, 7) is 6.33. The number of thioether (sulfide) groups is 1. The number of hydrogen-bond donors (Lipinski definition) is 0. The molecule has 8 heteroatoms. The molecule has 0 saturated carbocycles. The van der Waals surface area contributed by atoms with Crippen molar-refractivity contribution in [1.29, 1.82) is 0 Å². The molecule has 0 spiro atoms. The van der Waals surface area contributed by atoms with Gasteiger partial charge < -0.3 is 14.2 Å². The third-order valence-electron chi connectivity index (χ3n) is 5.78. The molecule has 29 heavy (non-hydrogen) atoms. The van der Waals surface area contributed by atoms with E-state index in [4.69, 9.17) is 4.42 Å². The Kier molecular flexibility index (Phi) is 6.79. The number of carbonyl (C=O) groups excluding carboxylic acids is 1. The molecule has 2 aliphatic heterocycles. The first kappa shape index (κ1) is 20.3. The summed E-state index contributed by atoms with van der Waals surface area (Å²) in [7, 11) is 0. The zero-order chi connectivity index (χ0) is 20.1. The molecule has 0 N–H and O–H groups in total. The number of nitrogens with zero attached hydrogens (tertiary/aromatic N) is 5. The zero-order valence-electron chi connectivity index (χ0n) is 17.3. The highest BCUT2D eigenvalue weighted by Gasteiger charge is 2.27. The number of anilines is 1. The smallest absolute Gasteiger partial charge is 0.235 e. The number of amides is 1. The predicted molar refractivity (Wildman–Crippen MR) is 114 cm³/mol. The summed E-state index contributed by atoms with van der Waals surface area (Å²) in [5, 5.41) is 9.60. The molecule has 2 aromatic heterocycles. The summed E-state index contributed by atoms with van der Waals surface area (Å²) in [5.74, 6) is 1.97. The van der Waals surface area contributed by atoms with Crippen LogP contribution < -0.4 is 4.90 Å². The quantitative estimate of drug-likeness (QED) is 0.666. The molecule has 1 atom stereocenters. The molecule has 1 amide bonds. The van der Waals surface area contributed by atoms with Gasteiger partial charge in [-0.15, -0.1) is 10.2 Å². The lowest BCUT2D eigenvalue weighted by Crippen LogP contribution is -2.37. The summed E-state index contributed by atoms with van der Waals surface area (Å²) in [6, 6.07) is 3.87. The van der Waals surface area contributed by atoms with Crippen molar-refractivity contribution < 1.29 is 9.21 Å². The van der Waals surface area contributed by atoms with Crippen LogP contribution in [0.4, 0.5) is 5.95 Å². The third kappa shape index (κ3) is 4.97. The van der Waals surface area contributed by atoms with E-state index in [1.54, 1.807) is 6.26 Å². The summed E-state index contributed by atoms with van der Waals surface area (Å²) >= 11 is 1.52. The zero-order valence-corrected chi connectivity index (χ0v) is 18.1. The van der Waals surface area contributed by atoms with Gasteiger partial charge in [0.15, 0.2) is 5.16 Å². The Bertz CT molecular complexity index is 777. The van der Waals surface area contributed by atoms with E-state index < -0.39 is 0 Å². The van der Waals surface area contributed by atoms with Crippen LogP contribution in [0.1, 0.15) is 57.6 Å². The van der Waals surface area contributed by atoms with E-state index in [9.17, 15) is 4.79 Å². The van der Waals surface area contributed by atoms with Gasteiger partial charge in [-0.3, -0.25) is 9.36 Å². The second kappa shape index (κ2) is 9.69. The van der Waals surface area contributed by atoms with Crippen molar-refractivity contribution in [2.75, 3.05) is 31.1 Å². The highest BCUT2D eigenvalue weighted by atomic mass is 32.2. The fourth-order valence-electron chi connectivity index (χ4n) is 4.15. The normalized spacial score (nSPS) is 19.2. The molecule has 0 bridgehead atoms. The lowest BCUT2D eigenvalue weighted by atomic mass is 10.1. The van der Waals surface area contributed by atoms with Crippen molar-refractivity contribution in [3.8, 4) is 0 Å². The van der Waals surface area contributed by atoms with Gasteiger partial charge in [0.2, 0.25) is 11.9 Å². The topological polar surface area (TPSA) is 67.4 Å². The van der Waals surface area contributed by atoms with Crippen molar-refractivity contribution in [2.45, 2.75) is 68.8 Å². The largest absolute Gasteiger partial charge is 0.467 e. The lowest BCUT2D eigenvalue weighted by Gasteiger charge is -2.28. The first-order valence-electron chi connectivity index (χ1n) is 10.9. The summed E-state index contributed by atoms with van der Waals surface area (Å²) < 4.78 is 7.70. The van der Waals surface area contributed by atoms with Crippen molar-refractivity contribution in [1.82, 2.24) is 19.7 Å². The number of carbonyl (C=O) groups is 1. The third-order valence-corrected chi connectivity index (χ3v) is 6.85. The van der Waals surface area contributed by atoms with Gasteiger partial charge in [0.05, 0.1) is 18.1 Å². The molecule has 0 aromatic carbocycles. The molecule has 158 valence electrons. The minimum atomic E-state index is -0.179. The maximum atomic E-state index is 13.0. The predicted octanol–water partition coefficient (Wildman–Crippen LogP) is 3.79. The Hall–Kier alpha value is -1.96. The molecule has 2 aromatic rings. The lowest BCUT2D eigenvalue weighted by molar-refractivity contribution is -0.130. The van der Waals surface area contributed by atoms with Gasteiger partial charge >= 0.3 is 0 Å². The van der Waals surface area contributed by atoms with Crippen LogP contribution >= 0.6 is 11.8 Å². The van der Waals surface area contributed by atoms with Crippen LogP contribution in [0.2, 0.25) is 0 Å². The van der Waals surface area contributed by atoms with Gasteiger partial charge in [-0.25, -0.2) is 0 Å². The van der Waals surface area contributed by atoms with Crippen molar-refractivity contribution in [2.24, 2.45) is 0 Å². The minimum Gasteiger partial charge on any atom is -0.467 e. The van der Waals surface area contributed by atoms with Gasteiger partial charge in [-0.1, -0.05) is 24.6 Å². The molecular weight excluding hydrogens is 386 g/mol. The Balaban J connectivity index is 1.52. The van der Waals surface area contributed by atoms with Crippen LogP contribution in [0.25, 0.3) is 0 Å². The van der Waals surface area contributed by atoms with Crippen LogP contribution in [0.5, 0.6) is 0 Å².